The van der Waals surface area contributed by atoms with Crippen LogP contribution in [0.4, 0.5) is 4.79 Å². The third kappa shape index (κ3) is 2.73. The van der Waals surface area contributed by atoms with Gasteiger partial charge in [0.1, 0.15) is 0 Å². The molecule has 3 aliphatic rings. The number of carbonyl (C=O) groups is 1. The van der Waals surface area contributed by atoms with E-state index in [0.717, 1.165) is 31.5 Å². The minimum absolute atomic E-state index is 0.123. The molecule has 3 rings (SSSR count). The minimum Gasteiger partial charge on any atom is -0.335 e. The zero-order valence-corrected chi connectivity index (χ0v) is 10.6. The summed E-state index contributed by atoms with van der Waals surface area (Å²) >= 11 is 0. The molecule has 2 bridgehead atoms. The predicted octanol–water partition coefficient (Wildman–Crippen LogP) is 1.32. The van der Waals surface area contributed by atoms with Gasteiger partial charge in [0.05, 0.1) is 0 Å². The maximum absolute atomic E-state index is 11.8. The number of urea groups is 1. The summed E-state index contributed by atoms with van der Waals surface area (Å²) in [4.78, 5) is 13.7. The van der Waals surface area contributed by atoms with Crippen molar-refractivity contribution in [1.82, 2.24) is 15.5 Å². The topological polar surface area (TPSA) is 44.4 Å². The van der Waals surface area contributed by atoms with Gasteiger partial charge in [0.15, 0.2) is 0 Å². The molecule has 4 heteroatoms. The van der Waals surface area contributed by atoms with Crippen LogP contribution in [0.5, 0.6) is 0 Å². The molecule has 1 saturated carbocycles. The van der Waals surface area contributed by atoms with Gasteiger partial charge in [0.25, 0.3) is 0 Å². The number of fused-ring (bicyclic) bond motifs is 2. The van der Waals surface area contributed by atoms with Gasteiger partial charge in [-0.3, -0.25) is 0 Å². The Morgan fingerprint density at radius 1 is 1.24 bits per heavy atom. The largest absolute Gasteiger partial charge is 0.335 e. The van der Waals surface area contributed by atoms with Crippen LogP contribution in [0.1, 0.15) is 38.5 Å². The molecule has 3 fully saturated rings. The van der Waals surface area contributed by atoms with Crippen molar-refractivity contribution in [2.24, 2.45) is 5.92 Å². The van der Waals surface area contributed by atoms with Gasteiger partial charge in [-0.1, -0.05) is 0 Å². The number of nitrogens with zero attached hydrogens (tertiary/aromatic N) is 1. The molecular weight excluding hydrogens is 214 g/mol. The summed E-state index contributed by atoms with van der Waals surface area (Å²) in [6.45, 7) is 0.924. The Bertz CT molecular complexity index is 291. The number of amides is 2. The number of carbonyl (C=O) groups excluding carboxylic acids is 1. The summed E-state index contributed by atoms with van der Waals surface area (Å²) in [5.41, 5.74) is 0. The molecular formula is C13H23N3O. The highest BCUT2D eigenvalue weighted by Gasteiger charge is 2.34. The normalized spacial score (nSPS) is 35.7. The molecule has 0 radical (unpaired) electrons. The monoisotopic (exact) mass is 237 g/mol. The van der Waals surface area contributed by atoms with Gasteiger partial charge < -0.3 is 15.5 Å². The van der Waals surface area contributed by atoms with Gasteiger partial charge in [0, 0.05) is 31.7 Å². The highest BCUT2D eigenvalue weighted by atomic mass is 16.2. The van der Waals surface area contributed by atoms with E-state index in [4.69, 9.17) is 0 Å². The molecule has 2 aliphatic heterocycles. The van der Waals surface area contributed by atoms with Crippen molar-refractivity contribution in [2.75, 3.05) is 13.6 Å². The second kappa shape index (κ2) is 4.48. The quantitative estimate of drug-likeness (QED) is 0.777. The van der Waals surface area contributed by atoms with Crippen molar-refractivity contribution in [3.8, 4) is 0 Å². The third-order valence-corrected chi connectivity index (χ3v) is 4.35. The first kappa shape index (κ1) is 11.3. The van der Waals surface area contributed by atoms with E-state index in [0.29, 0.717) is 12.0 Å². The molecule has 0 spiro atoms. The SMILES string of the molecule is CN(CC1CC2CCC(C1)N2)C(=O)NC1CC1. The predicted molar refractivity (Wildman–Crippen MR) is 66.9 cm³/mol. The lowest BCUT2D eigenvalue weighted by atomic mass is 9.92. The Morgan fingerprint density at radius 3 is 2.47 bits per heavy atom. The first-order chi connectivity index (χ1) is 8.20. The highest BCUT2D eigenvalue weighted by Crippen LogP contribution is 2.31. The van der Waals surface area contributed by atoms with Crippen molar-refractivity contribution < 1.29 is 4.79 Å². The molecule has 2 saturated heterocycles. The van der Waals surface area contributed by atoms with E-state index in [2.05, 4.69) is 10.6 Å². The van der Waals surface area contributed by atoms with Crippen LogP contribution in [0.25, 0.3) is 0 Å². The van der Waals surface area contributed by atoms with E-state index >= 15 is 0 Å². The van der Waals surface area contributed by atoms with Crippen LogP contribution in [-0.2, 0) is 0 Å². The van der Waals surface area contributed by atoms with Gasteiger partial charge in [0.2, 0.25) is 0 Å². The summed E-state index contributed by atoms with van der Waals surface area (Å²) in [5, 5.41) is 6.70. The summed E-state index contributed by atoms with van der Waals surface area (Å²) in [6.07, 6.45) is 7.49. The number of hydrogen-bond donors (Lipinski definition) is 2. The summed E-state index contributed by atoms with van der Waals surface area (Å²) in [6, 6.07) is 2.03. The van der Waals surface area contributed by atoms with E-state index in [1.165, 1.54) is 25.7 Å². The Balaban J connectivity index is 1.47. The molecule has 2 N–H and O–H groups in total. The van der Waals surface area contributed by atoms with Crippen molar-refractivity contribution in [3.63, 3.8) is 0 Å². The molecule has 0 aromatic carbocycles. The molecule has 96 valence electrons. The lowest BCUT2D eigenvalue weighted by Gasteiger charge is -2.32. The van der Waals surface area contributed by atoms with Crippen molar-refractivity contribution >= 4 is 6.03 Å². The summed E-state index contributed by atoms with van der Waals surface area (Å²) in [5.74, 6) is 0.698. The lowest BCUT2D eigenvalue weighted by molar-refractivity contribution is 0.186. The Labute approximate surface area is 103 Å². The maximum atomic E-state index is 11.8. The van der Waals surface area contributed by atoms with E-state index < -0.39 is 0 Å². The van der Waals surface area contributed by atoms with E-state index in [9.17, 15) is 4.79 Å². The third-order valence-electron chi connectivity index (χ3n) is 4.35. The van der Waals surface area contributed by atoms with Crippen LogP contribution in [0.2, 0.25) is 0 Å². The van der Waals surface area contributed by atoms with Crippen LogP contribution in [0.15, 0.2) is 0 Å². The molecule has 2 atom stereocenters. The molecule has 17 heavy (non-hydrogen) atoms. The van der Waals surface area contributed by atoms with Gasteiger partial charge in [-0.15, -0.1) is 0 Å². The number of rotatable bonds is 3. The van der Waals surface area contributed by atoms with Crippen LogP contribution in [0, 0.1) is 5.92 Å². The average molecular weight is 237 g/mol. The first-order valence-electron chi connectivity index (χ1n) is 6.98. The zero-order chi connectivity index (χ0) is 11.8. The maximum Gasteiger partial charge on any atom is 0.317 e. The molecule has 4 nitrogen and oxygen atoms in total. The Kier molecular flexibility index (Phi) is 2.99. The van der Waals surface area contributed by atoms with Gasteiger partial charge in [-0.05, 0) is 44.4 Å². The first-order valence-corrected chi connectivity index (χ1v) is 6.98. The van der Waals surface area contributed by atoms with Crippen LogP contribution in [0.3, 0.4) is 0 Å². The standard InChI is InChI=1S/C13H23N3O/c1-16(13(17)15-10-2-3-10)8-9-6-11-4-5-12(7-9)14-11/h9-12,14H,2-8H2,1H3,(H,15,17). The molecule has 2 heterocycles. The Hall–Kier alpha value is -0.770. The summed E-state index contributed by atoms with van der Waals surface area (Å²) in [7, 11) is 1.93. The highest BCUT2D eigenvalue weighted by molar-refractivity contribution is 5.74. The minimum atomic E-state index is 0.123. The second-order valence-electron chi connectivity index (χ2n) is 6.08. The summed E-state index contributed by atoms with van der Waals surface area (Å²) < 4.78 is 0. The fourth-order valence-corrected chi connectivity index (χ4v) is 3.31. The Morgan fingerprint density at radius 2 is 1.88 bits per heavy atom. The fourth-order valence-electron chi connectivity index (χ4n) is 3.31. The second-order valence-corrected chi connectivity index (χ2v) is 6.08. The molecule has 1 aliphatic carbocycles. The smallest absolute Gasteiger partial charge is 0.317 e. The van der Waals surface area contributed by atoms with Crippen LogP contribution < -0.4 is 10.6 Å². The van der Waals surface area contributed by atoms with Crippen molar-refractivity contribution in [1.29, 1.82) is 0 Å². The van der Waals surface area contributed by atoms with Gasteiger partial charge in [-0.2, -0.15) is 0 Å². The van der Waals surface area contributed by atoms with Gasteiger partial charge in [-0.25, -0.2) is 4.79 Å². The molecule has 2 unspecified atom stereocenters. The van der Waals surface area contributed by atoms with E-state index in [1.807, 2.05) is 11.9 Å². The van der Waals surface area contributed by atoms with Gasteiger partial charge >= 0.3 is 6.03 Å². The van der Waals surface area contributed by atoms with Crippen molar-refractivity contribution in [3.05, 3.63) is 0 Å². The molecule has 0 aromatic rings. The number of piperidine rings is 1. The van der Waals surface area contributed by atoms with E-state index in [1.54, 1.807) is 0 Å². The lowest BCUT2D eigenvalue weighted by Crippen LogP contribution is -2.45. The van der Waals surface area contributed by atoms with Crippen molar-refractivity contribution in [2.45, 2.75) is 56.7 Å². The fraction of sp³-hybridized carbons (Fsp3) is 0.923. The van der Waals surface area contributed by atoms with Crippen LogP contribution >= 0.6 is 0 Å². The molecule has 0 aromatic heterocycles. The number of nitrogens with one attached hydrogen (secondary N) is 2. The molecule has 2 amide bonds. The van der Waals surface area contributed by atoms with Crippen LogP contribution in [-0.4, -0.2) is 42.6 Å². The van der Waals surface area contributed by atoms with E-state index in [-0.39, 0.29) is 6.03 Å². The average Bonchev–Trinajstić information content (AvgIpc) is 3.04. The zero-order valence-electron chi connectivity index (χ0n) is 10.6. The number of hydrogen-bond acceptors (Lipinski definition) is 2.